The predicted octanol–water partition coefficient (Wildman–Crippen LogP) is 5.64. The average Bonchev–Trinajstić information content (AvgIpc) is 2.86. The number of fused-ring (bicyclic) bond motifs is 1. The second-order valence-electron chi connectivity index (χ2n) is 7.73. The van der Waals surface area contributed by atoms with Crippen LogP contribution in [-0.2, 0) is 29.9 Å². The summed E-state index contributed by atoms with van der Waals surface area (Å²) in [6, 6.07) is 16.5. The van der Waals surface area contributed by atoms with Crippen LogP contribution in [0.4, 0.5) is 11.4 Å². The minimum absolute atomic E-state index is 0.0416. The van der Waals surface area contributed by atoms with E-state index >= 15 is 0 Å². The van der Waals surface area contributed by atoms with Gasteiger partial charge in [-0.2, -0.15) is 0 Å². The Labute approximate surface area is 222 Å². The van der Waals surface area contributed by atoms with Gasteiger partial charge < -0.3 is 15.4 Å². The highest BCUT2D eigenvalue weighted by Gasteiger charge is 2.25. The number of esters is 1. The fourth-order valence-corrected chi connectivity index (χ4v) is 6.55. The lowest BCUT2D eigenvalue weighted by Gasteiger charge is -2.19. The number of carbonyl (C=O) groups excluding carboxylic acids is 2. The summed E-state index contributed by atoms with van der Waals surface area (Å²) < 4.78 is 30.8. The quantitative estimate of drug-likeness (QED) is 0.284. The maximum atomic E-state index is 13.1. The van der Waals surface area contributed by atoms with Gasteiger partial charge in [-0.25, -0.2) is 8.42 Å². The summed E-state index contributed by atoms with van der Waals surface area (Å²) in [5, 5.41) is 6.30. The summed E-state index contributed by atoms with van der Waals surface area (Å²) in [4.78, 5) is 25.0. The first-order valence-corrected chi connectivity index (χ1v) is 13.8. The molecule has 0 spiro atoms. The van der Waals surface area contributed by atoms with Crippen molar-refractivity contribution in [2.45, 2.75) is 15.5 Å². The molecule has 0 saturated carbocycles. The molecular formula is C25H20Cl2N2O5S2. The molecular weight excluding hydrogens is 543 g/mol. The number of sulfone groups is 1. The lowest BCUT2D eigenvalue weighted by molar-refractivity contribution is -0.138. The van der Waals surface area contributed by atoms with E-state index in [9.17, 15) is 18.0 Å². The first-order valence-electron chi connectivity index (χ1n) is 10.6. The van der Waals surface area contributed by atoms with Crippen LogP contribution in [0.3, 0.4) is 0 Å². The molecule has 1 amide bonds. The molecule has 0 fully saturated rings. The van der Waals surface area contributed by atoms with Gasteiger partial charge >= 0.3 is 5.97 Å². The van der Waals surface area contributed by atoms with E-state index in [2.05, 4.69) is 15.4 Å². The molecule has 0 unspecified atom stereocenters. The van der Waals surface area contributed by atoms with Gasteiger partial charge in [0.2, 0.25) is 0 Å². The fraction of sp³-hybridized carbons (Fsp3) is 0.120. The van der Waals surface area contributed by atoms with Crippen LogP contribution in [-0.4, -0.2) is 33.9 Å². The molecule has 0 saturated heterocycles. The number of carbonyl (C=O) groups is 2. The van der Waals surface area contributed by atoms with Crippen LogP contribution in [0.1, 0.15) is 11.1 Å². The predicted molar refractivity (Wildman–Crippen MR) is 143 cm³/mol. The highest BCUT2D eigenvalue weighted by atomic mass is 35.5. The lowest BCUT2D eigenvalue weighted by atomic mass is 10.2. The first kappa shape index (κ1) is 26.1. The number of rotatable bonds is 7. The zero-order valence-corrected chi connectivity index (χ0v) is 22.0. The Morgan fingerprint density at radius 1 is 1.08 bits per heavy atom. The van der Waals surface area contributed by atoms with Gasteiger partial charge in [0.05, 0.1) is 28.4 Å². The summed E-state index contributed by atoms with van der Waals surface area (Å²) in [6.07, 6.45) is 1.71. The molecule has 1 aliphatic rings. The van der Waals surface area contributed by atoms with Crippen LogP contribution in [0.5, 0.6) is 0 Å². The van der Waals surface area contributed by atoms with E-state index in [-0.39, 0.29) is 39.1 Å². The van der Waals surface area contributed by atoms with Gasteiger partial charge in [0.15, 0.2) is 9.84 Å². The molecule has 0 bridgehead atoms. The summed E-state index contributed by atoms with van der Waals surface area (Å²) in [5.41, 5.74) is 2.35. The van der Waals surface area contributed by atoms with Crippen LogP contribution >= 0.6 is 35.0 Å². The standard InChI is InChI=1S/C25H20Cl2N2O5S2/c1-34-24(30)13-28-16-7-5-15(6-8-16)11-23-25(31)29-21-10-9-17(12-22(21)35-23)36(32,33)14-18-19(26)3-2-4-20(18)27/h2-12,28H,13-14H2,1H3,(H,29,31)/b23-11-. The number of benzene rings is 3. The molecule has 36 heavy (non-hydrogen) atoms. The number of amides is 1. The summed E-state index contributed by atoms with van der Waals surface area (Å²) in [6.45, 7) is 0.0416. The minimum Gasteiger partial charge on any atom is -0.468 e. The topological polar surface area (TPSA) is 102 Å². The highest BCUT2D eigenvalue weighted by Crippen LogP contribution is 2.40. The van der Waals surface area contributed by atoms with Gasteiger partial charge in [0.25, 0.3) is 5.91 Å². The van der Waals surface area contributed by atoms with Crippen molar-refractivity contribution in [2.75, 3.05) is 24.3 Å². The van der Waals surface area contributed by atoms with Crippen molar-refractivity contribution in [3.63, 3.8) is 0 Å². The molecule has 0 radical (unpaired) electrons. The van der Waals surface area contributed by atoms with E-state index in [4.69, 9.17) is 23.2 Å². The first-order chi connectivity index (χ1) is 17.2. The Kier molecular flexibility index (Phi) is 7.94. The van der Waals surface area contributed by atoms with E-state index in [0.29, 0.717) is 21.1 Å². The summed E-state index contributed by atoms with van der Waals surface area (Å²) in [5.74, 6) is -1.02. The van der Waals surface area contributed by atoms with E-state index in [1.165, 1.54) is 31.0 Å². The number of hydrogen-bond donors (Lipinski definition) is 2. The third-order valence-electron chi connectivity index (χ3n) is 5.27. The normalized spacial score (nSPS) is 14.2. The maximum absolute atomic E-state index is 13.1. The van der Waals surface area contributed by atoms with Gasteiger partial charge in [0.1, 0.15) is 6.54 Å². The van der Waals surface area contributed by atoms with Gasteiger partial charge in [-0.3, -0.25) is 9.59 Å². The van der Waals surface area contributed by atoms with Crippen LogP contribution < -0.4 is 10.6 Å². The zero-order chi connectivity index (χ0) is 25.9. The van der Waals surface area contributed by atoms with E-state index in [1.807, 2.05) is 0 Å². The van der Waals surface area contributed by atoms with Crippen molar-refractivity contribution in [1.29, 1.82) is 0 Å². The molecule has 0 aliphatic carbocycles. The molecule has 0 aromatic heterocycles. The van der Waals surface area contributed by atoms with Gasteiger partial charge in [-0.05, 0) is 54.1 Å². The third kappa shape index (κ3) is 6.04. The molecule has 2 N–H and O–H groups in total. The molecule has 1 aliphatic heterocycles. The van der Waals surface area contributed by atoms with E-state index < -0.39 is 9.84 Å². The Bertz CT molecular complexity index is 1450. The fourth-order valence-electron chi connectivity index (χ4n) is 3.37. The van der Waals surface area contributed by atoms with Crippen LogP contribution in [0, 0.1) is 0 Å². The average molecular weight is 563 g/mol. The van der Waals surface area contributed by atoms with Crippen LogP contribution in [0.15, 0.2) is 75.4 Å². The largest absolute Gasteiger partial charge is 0.468 e. The van der Waals surface area contributed by atoms with Crippen molar-refractivity contribution < 1.29 is 22.7 Å². The molecule has 186 valence electrons. The van der Waals surface area contributed by atoms with Crippen LogP contribution in [0.2, 0.25) is 10.0 Å². The number of halogens is 2. The van der Waals surface area contributed by atoms with Crippen molar-refractivity contribution in [3.05, 3.63) is 86.7 Å². The van der Waals surface area contributed by atoms with Crippen molar-refractivity contribution in [1.82, 2.24) is 0 Å². The monoisotopic (exact) mass is 562 g/mol. The molecule has 3 aromatic rings. The van der Waals surface area contributed by atoms with Crippen molar-refractivity contribution in [3.8, 4) is 0 Å². The number of hydrogen-bond acceptors (Lipinski definition) is 7. The number of methoxy groups -OCH3 is 1. The number of anilines is 2. The number of ether oxygens (including phenoxy) is 1. The Balaban J connectivity index is 1.55. The number of nitrogens with one attached hydrogen (secondary N) is 2. The molecule has 3 aromatic carbocycles. The number of thioether (sulfide) groups is 1. The molecule has 11 heteroatoms. The molecule has 1 heterocycles. The molecule has 0 atom stereocenters. The van der Waals surface area contributed by atoms with Gasteiger partial charge in [-0.1, -0.05) is 53.2 Å². The molecule has 7 nitrogen and oxygen atoms in total. The van der Waals surface area contributed by atoms with Gasteiger partial charge in [-0.15, -0.1) is 0 Å². The van der Waals surface area contributed by atoms with E-state index in [0.717, 1.165) is 11.3 Å². The smallest absolute Gasteiger partial charge is 0.325 e. The highest BCUT2D eigenvalue weighted by molar-refractivity contribution is 8.04. The Hall–Kier alpha value is -2.98. The maximum Gasteiger partial charge on any atom is 0.325 e. The second kappa shape index (κ2) is 11.0. The third-order valence-corrected chi connectivity index (χ3v) is 8.70. The van der Waals surface area contributed by atoms with Gasteiger partial charge in [0, 0.05) is 26.2 Å². The summed E-state index contributed by atoms with van der Waals surface area (Å²) >= 11 is 13.5. The summed E-state index contributed by atoms with van der Waals surface area (Å²) in [7, 11) is -2.44. The molecule has 4 rings (SSSR count). The minimum atomic E-state index is -3.75. The SMILES string of the molecule is COC(=O)CNc1ccc(/C=C2\Sc3cc(S(=O)(=O)Cc4c(Cl)cccc4Cl)ccc3NC2=O)cc1. The Morgan fingerprint density at radius 3 is 2.44 bits per heavy atom. The second-order valence-corrected chi connectivity index (χ2v) is 11.6. The Morgan fingerprint density at radius 2 is 1.78 bits per heavy atom. The van der Waals surface area contributed by atoms with Crippen LogP contribution in [0.25, 0.3) is 6.08 Å². The van der Waals surface area contributed by atoms with Crippen molar-refractivity contribution >= 4 is 74.1 Å². The van der Waals surface area contributed by atoms with Crippen molar-refractivity contribution in [2.24, 2.45) is 0 Å². The zero-order valence-electron chi connectivity index (χ0n) is 18.9. The lowest BCUT2D eigenvalue weighted by Crippen LogP contribution is -2.17. The van der Waals surface area contributed by atoms with E-state index in [1.54, 1.807) is 54.6 Å².